The topological polar surface area (TPSA) is 58.2 Å². The second-order valence-corrected chi connectivity index (χ2v) is 8.88. The smallest absolute Gasteiger partial charge is 0.313 e. The molecule has 0 unspecified atom stereocenters. The Balaban J connectivity index is 1.46. The Morgan fingerprint density at radius 1 is 0.880 bits per heavy atom. The summed E-state index contributed by atoms with van der Waals surface area (Å²) in [6, 6.07) is 4.05. The highest BCUT2D eigenvalue weighted by Gasteiger charge is 2.51. The first-order chi connectivity index (χ1) is 11.8. The Labute approximate surface area is 149 Å². The molecule has 2 N–H and O–H groups in total. The lowest BCUT2D eigenvalue weighted by molar-refractivity contribution is -0.139. The van der Waals surface area contributed by atoms with Crippen LogP contribution in [0.5, 0.6) is 0 Å². The summed E-state index contributed by atoms with van der Waals surface area (Å²) in [7, 11) is 0. The maximum Gasteiger partial charge on any atom is 0.313 e. The Hall–Kier alpha value is -1.84. The zero-order valence-electron chi connectivity index (χ0n) is 15.4. The fourth-order valence-corrected chi connectivity index (χ4v) is 6.11. The average molecular weight is 340 g/mol. The summed E-state index contributed by atoms with van der Waals surface area (Å²) in [6.45, 7) is 5.96. The number of carbonyl (C=O) groups is 2. The molecular formula is C21H28N2O2. The van der Waals surface area contributed by atoms with Crippen LogP contribution in [0.25, 0.3) is 0 Å². The van der Waals surface area contributed by atoms with E-state index in [9.17, 15) is 9.59 Å². The van der Waals surface area contributed by atoms with Gasteiger partial charge in [-0.3, -0.25) is 9.59 Å². The van der Waals surface area contributed by atoms with Gasteiger partial charge >= 0.3 is 11.8 Å². The number of amides is 2. The van der Waals surface area contributed by atoms with E-state index in [1.165, 1.54) is 19.3 Å². The fourth-order valence-electron chi connectivity index (χ4n) is 6.11. The summed E-state index contributed by atoms with van der Waals surface area (Å²) in [6.07, 6.45) is 7.14. The molecule has 0 atom stereocenters. The Morgan fingerprint density at radius 2 is 1.36 bits per heavy atom. The van der Waals surface area contributed by atoms with Crippen molar-refractivity contribution in [1.29, 1.82) is 0 Å². The normalized spacial score (nSPS) is 32.5. The zero-order valence-corrected chi connectivity index (χ0v) is 15.4. The van der Waals surface area contributed by atoms with Crippen LogP contribution in [0.2, 0.25) is 0 Å². The summed E-state index contributed by atoms with van der Waals surface area (Å²) < 4.78 is 0. The largest absolute Gasteiger partial charge is 0.342 e. The van der Waals surface area contributed by atoms with Crippen molar-refractivity contribution in [1.82, 2.24) is 5.32 Å². The highest BCUT2D eigenvalue weighted by molar-refractivity contribution is 6.40. The van der Waals surface area contributed by atoms with Gasteiger partial charge in [0.1, 0.15) is 0 Å². The molecule has 0 heterocycles. The van der Waals surface area contributed by atoms with Gasteiger partial charge in [-0.2, -0.15) is 0 Å². The molecule has 0 spiro atoms. The Kier molecular flexibility index (Phi) is 3.89. The minimum Gasteiger partial charge on any atom is -0.342 e. The van der Waals surface area contributed by atoms with Crippen LogP contribution >= 0.6 is 0 Å². The van der Waals surface area contributed by atoms with E-state index in [0.717, 1.165) is 59.4 Å². The van der Waals surface area contributed by atoms with Crippen molar-refractivity contribution in [2.24, 2.45) is 17.8 Å². The lowest BCUT2D eigenvalue weighted by atomic mass is 9.53. The third kappa shape index (κ3) is 3.07. The second kappa shape index (κ2) is 5.86. The fraction of sp³-hybridized carbons (Fsp3) is 0.619. The van der Waals surface area contributed by atoms with Gasteiger partial charge in [0, 0.05) is 11.2 Å². The lowest BCUT2D eigenvalue weighted by Gasteiger charge is -2.56. The van der Waals surface area contributed by atoms with Crippen molar-refractivity contribution in [2.75, 3.05) is 5.32 Å². The van der Waals surface area contributed by atoms with E-state index in [2.05, 4.69) is 10.6 Å². The van der Waals surface area contributed by atoms with Gasteiger partial charge < -0.3 is 10.6 Å². The van der Waals surface area contributed by atoms with Crippen LogP contribution in [0.15, 0.2) is 12.1 Å². The molecule has 4 nitrogen and oxygen atoms in total. The zero-order chi connectivity index (χ0) is 17.8. The quantitative estimate of drug-likeness (QED) is 0.808. The van der Waals surface area contributed by atoms with Crippen LogP contribution in [0.1, 0.15) is 55.2 Å². The molecule has 2 amide bonds. The monoisotopic (exact) mass is 340 g/mol. The maximum absolute atomic E-state index is 12.6. The molecule has 4 bridgehead atoms. The van der Waals surface area contributed by atoms with Crippen LogP contribution in [-0.4, -0.2) is 17.4 Å². The molecule has 0 saturated heterocycles. The van der Waals surface area contributed by atoms with Gasteiger partial charge in [-0.05, 0) is 88.2 Å². The average Bonchev–Trinajstić information content (AvgIpc) is 2.48. The minimum atomic E-state index is -0.536. The molecule has 0 aliphatic heterocycles. The summed E-state index contributed by atoms with van der Waals surface area (Å²) in [5.41, 5.74) is 3.78. The van der Waals surface area contributed by atoms with Crippen molar-refractivity contribution in [3.63, 3.8) is 0 Å². The molecule has 5 rings (SSSR count). The van der Waals surface area contributed by atoms with Crippen LogP contribution in [0.4, 0.5) is 5.69 Å². The van der Waals surface area contributed by atoms with Crippen LogP contribution < -0.4 is 10.6 Å². The first-order valence-corrected chi connectivity index (χ1v) is 9.55. The van der Waals surface area contributed by atoms with Gasteiger partial charge in [-0.25, -0.2) is 0 Å². The van der Waals surface area contributed by atoms with Crippen LogP contribution in [-0.2, 0) is 9.59 Å². The molecule has 4 aliphatic carbocycles. The summed E-state index contributed by atoms with van der Waals surface area (Å²) in [4.78, 5) is 25.1. The standard InChI is InChI=1S/C21H28N2O2/c1-12-4-13(2)18(14(3)5-12)22-19(24)20(25)23-21-9-15-6-16(10-21)8-17(7-15)11-21/h4-5,15-17H,6-11H2,1-3H3,(H,22,24)(H,23,25). The van der Waals surface area contributed by atoms with Crippen molar-refractivity contribution in [2.45, 2.75) is 64.8 Å². The molecule has 1 aromatic rings. The van der Waals surface area contributed by atoms with Crippen LogP contribution in [0, 0.1) is 38.5 Å². The molecular weight excluding hydrogens is 312 g/mol. The van der Waals surface area contributed by atoms with E-state index < -0.39 is 11.8 Å². The van der Waals surface area contributed by atoms with E-state index in [-0.39, 0.29) is 5.54 Å². The highest BCUT2D eigenvalue weighted by atomic mass is 16.2. The number of aryl methyl sites for hydroxylation is 3. The molecule has 0 radical (unpaired) electrons. The number of benzene rings is 1. The molecule has 1 aromatic carbocycles. The third-order valence-corrected chi connectivity index (χ3v) is 6.54. The van der Waals surface area contributed by atoms with Crippen molar-refractivity contribution < 1.29 is 9.59 Å². The highest BCUT2D eigenvalue weighted by Crippen LogP contribution is 2.55. The maximum atomic E-state index is 12.6. The molecule has 4 fully saturated rings. The number of hydrogen-bond donors (Lipinski definition) is 2. The first-order valence-electron chi connectivity index (χ1n) is 9.55. The van der Waals surface area contributed by atoms with E-state index in [4.69, 9.17) is 0 Å². The van der Waals surface area contributed by atoms with E-state index in [1.807, 2.05) is 32.9 Å². The summed E-state index contributed by atoms with van der Waals surface area (Å²) in [5.74, 6) is 1.23. The van der Waals surface area contributed by atoms with Gasteiger partial charge in [-0.1, -0.05) is 17.7 Å². The predicted octanol–water partition coefficient (Wildman–Crippen LogP) is 3.64. The number of hydrogen-bond acceptors (Lipinski definition) is 2. The van der Waals surface area contributed by atoms with Gasteiger partial charge in [0.25, 0.3) is 0 Å². The number of carbonyl (C=O) groups excluding carboxylic acids is 2. The van der Waals surface area contributed by atoms with Crippen LogP contribution in [0.3, 0.4) is 0 Å². The van der Waals surface area contributed by atoms with E-state index in [1.54, 1.807) is 0 Å². The van der Waals surface area contributed by atoms with Crippen molar-refractivity contribution >= 4 is 17.5 Å². The SMILES string of the molecule is Cc1cc(C)c(NC(=O)C(=O)NC23CC4CC(CC(C4)C2)C3)c(C)c1. The van der Waals surface area contributed by atoms with Gasteiger partial charge in [0.05, 0.1) is 0 Å². The minimum absolute atomic E-state index is 0.124. The van der Waals surface area contributed by atoms with Gasteiger partial charge in [0.2, 0.25) is 0 Å². The lowest BCUT2D eigenvalue weighted by Crippen LogP contribution is -2.61. The second-order valence-electron chi connectivity index (χ2n) is 8.88. The molecule has 4 saturated carbocycles. The predicted molar refractivity (Wildman–Crippen MR) is 98.3 cm³/mol. The molecule has 134 valence electrons. The summed E-state index contributed by atoms with van der Waals surface area (Å²) in [5, 5.41) is 5.98. The number of anilines is 1. The molecule has 25 heavy (non-hydrogen) atoms. The van der Waals surface area contributed by atoms with E-state index >= 15 is 0 Å². The molecule has 4 heteroatoms. The Morgan fingerprint density at radius 3 is 1.84 bits per heavy atom. The third-order valence-electron chi connectivity index (χ3n) is 6.54. The van der Waals surface area contributed by atoms with Gasteiger partial charge in [0.15, 0.2) is 0 Å². The van der Waals surface area contributed by atoms with Crippen molar-refractivity contribution in [3.05, 3.63) is 28.8 Å². The van der Waals surface area contributed by atoms with Gasteiger partial charge in [-0.15, -0.1) is 0 Å². The molecule has 4 aliphatic rings. The first kappa shape index (κ1) is 16.6. The Bertz CT molecular complexity index is 679. The van der Waals surface area contributed by atoms with Crippen molar-refractivity contribution in [3.8, 4) is 0 Å². The van der Waals surface area contributed by atoms with E-state index in [0.29, 0.717) is 0 Å². The summed E-state index contributed by atoms with van der Waals surface area (Å²) >= 11 is 0. The molecule has 0 aromatic heterocycles. The number of nitrogens with one attached hydrogen (secondary N) is 2. The number of rotatable bonds is 2.